The van der Waals surface area contributed by atoms with Crippen molar-refractivity contribution in [2.24, 2.45) is 17.6 Å². The molecule has 0 bridgehead atoms. The quantitative estimate of drug-likeness (QED) is 0.591. The highest BCUT2D eigenvalue weighted by Crippen LogP contribution is 2.20. The SMILES string of the molecule is CC(C)C(CCN)CCCNCCC1CCCO1. The molecule has 108 valence electrons. The zero-order valence-electron chi connectivity index (χ0n) is 12.3. The molecule has 0 saturated carbocycles. The van der Waals surface area contributed by atoms with Crippen LogP contribution in [0.25, 0.3) is 0 Å². The minimum atomic E-state index is 0.526. The summed E-state index contributed by atoms with van der Waals surface area (Å²) in [5, 5.41) is 3.54. The van der Waals surface area contributed by atoms with E-state index < -0.39 is 0 Å². The molecule has 1 aliphatic rings. The van der Waals surface area contributed by atoms with Crippen molar-refractivity contribution in [2.75, 3.05) is 26.2 Å². The smallest absolute Gasteiger partial charge is 0.0588 e. The highest BCUT2D eigenvalue weighted by atomic mass is 16.5. The van der Waals surface area contributed by atoms with Crippen LogP contribution < -0.4 is 11.1 Å². The average Bonchev–Trinajstić information content (AvgIpc) is 2.84. The van der Waals surface area contributed by atoms with Crippen molar-refractivity contribution >= 4 is 0 Å². The summed E-state index contributed by atoms with van der Waals surface area (Å²) in [6.45, 7) is 8.67. The van der Waals surface area contributed by atoms with Crippen LogP contribution in [0.5, 0.6) is 0 Å². The van der Waals surface area contributed by atoms with E-state index >= 15 is 0 Å². The van der Waals surface area contributed by atoms with E-state index in [1.807, 2.05) is 0 Å². The maximum Gasteiger partial charge on any atom is 0.0588 e. The molecule has 3 N–H and O–H groups in total. The van der Waals surface area contributed by atoms with E-state index in [4.69, 9.17) is 10.5 Å². The molecule has 0 amide bonds. The van der Waals surface area contributed by atoms with Crippen molar-refractivity contribution in [3.8, 4) is 0 Å². The van der Waals surface area contributed by atoms with E-state index in [0.29, 0.717) is 6.10 Å². The average molecular weight is 256 g/mol. The summed E-state index contributed by atoms with van der Waals surface area (Å²) in [7, 11) is 0. The Labute approximate surface area is 113 Å². The Balaban J connectivity index is 1.93. The van der Waals surface area contributed by atoms with Crippen molar-refractivity contribution in [1.29, 1.82) is 0 Å². The van der Waals surface area contributed by atoms with Gasteiger partial charge in [-0.1, -0.05) is 13.8 Å². The first-order valence-electron chi connectivity index (χ1n) is 7.76. The van der Waals surface area contributed by atoms with Gasteiger partial charge in [-0.15, -0.1) is 0 Å². The summed E-state index contributed by atoms with van der Waals surface area (Å²) in [5.74, 6) is 1.57. The zero-order valence-corrected chi connectivity index (χ0v) is 12.3. The van der Waals surface area contributed by atoms with Crippen LogP contribution in [0.2, 0.25) is 0 Å². The van der Waals surface area contributed by atoms with Gasteiger partial charge in [0.2, 0.25) is 0 Å². The molecule has 2 unspecified atom stereocenters. The summed E-state index contributed by atoms with van der Waals surface area (Å²) in [5.41, 5.74) is 5.66. The van der Waals surface area contributed by atoms with Gasteiger partial charge in [0.1, 0.15) is 0 Å². The van der Waals surface area contributed by atoms with Gasteiger partial charge in [0.15, 0.2) is 0 Å². The molecule has 0 aromatic rings. The fourth-order valence-corrected chi connectivity index (χ4v) is 2.77. The van der Waals surface area contributed by atoms with Gasteiger partial charge in [0.05, 0.1) is 6.10 Å². The Hall–Kier alpha value is -0.120. The van der Waals surface area contributed by atoms with E-state index in [1.54, 1.807) is 0 Å². The highest BCUT2D eigenvalue weighted by molar-refractivity contribution is 4.67. The van der Waals surface area contributed by atoms with Crippen LogP contribution in [0.1, 0.15) is 52.4 Å². The summed E-state index contributed by atoms with van der Waals surface area (Å²) in [4.78, 5) is 0. The summed E-state index contributed by atoms with van der Waals surface area (Å²) in [6, 6.07) is 0. The van der Waals surface area contributed by atoms with Crippen LogP contribution in [0.3, 0.4) is 0 Å². The van der Waals surface area contributed by atoms with Crippen LogP contribution in [-0.2, 0) is 4.74 Å². The molecule has 1 rings (SSSR count). The number of ether oxygens (including phenoxy) is 1. The lowest BCUT2D eigenvalue weighted by Crippen LogP contribution is -2.22. The zero-order chi connectivity index (χ0) is 13.2. The van der Waals surface area contributed by atoms with Gasteiger partial charge in [0.25, 0.3) is 0 Å². The molecular weight excluding hydrogens is 224 g/mol. The van der Waals surface area contributed by atoms with Gasteiger partial charge in [-0.25, -0.2) is 0 Å². The fraction of sp³-hybridized carbons (Fsp3) is 1.00. The first-order valence-corrected chi connectivity index (χ1v) is 7.76. The lowest BCUT2D eigenvalue weighted by molar-refractivity contribution is 0.104. The molecular formula is C15H32N2O. The number of hydrogen-bond acceptors (Lipinski definition) is 3. The summed E-state index contributed by atoms with van der Waals surface area (Å²) in [6.07, 6.45) is 7.96. The van der Waals surface area contributed by atoms with Crippen LogP contribution in [-0.4, -0.2) is 32.3 Å². The van der Waals surface area contributed by atoms with E-state index in [0.717, 1.165) is 38.1 Å². The van der Waals surface area contributed by atoms with E-state index in [-0.39, 0.29) is 0 Å². The third kappa shape index (κ3) is 6.72. The largest absolute Gasteiger partial charge is 0.378 e. The Morgan fingerprint density at radius 2 is 2.11 bits per heavy atom. The maximum absolute atomic E-state index is 5.66. The molecule has 1 aliphatic heterocycles. The van der Waals surface area contributed by atoms with Crippen molar-refractivity contribution in [3.05, 3.63) is 0 Å². The molecule has 18 heavy (non-hydrogen) atoms. The molecule has 0 radical (unpaired) electrons. The topological polar surface area (TPSA) is 47.3 Å². The van der Waals surface area contributed by atoms with E-state index in [1.165, 1.54) is 38.5 Å². The first-order chi connectivity index (χ1) is 8.74. The predicted octanol–water partition coefficient (Wildman–Crippen LogP) is 2.55. The Morgan fingerprint density at radius 1 is 1.28 bits per heavy atom. The standard InChI is InChI=1S/C15H32N2O/c1-13(2)14(7-9-16)5-3-10-17-11-8-15-6-4-12-18-15/h13-15,17H,3-12,16H2,1-2H3. The minimum Gasteiger partial charge on any atom is -0.378 e. The van der Waals surface area contributed by atoms with Crippen LogP contribution in [0.4, 0.5) is 0 Å². The number of rotatable bonds is 10. The monoisotopic (exact) mass is 256 g/mol. The predicted molar refractivity (Wildman–Crippen MR) is 77.7 cm³/mol. The molecule has 0 aromatic heterocycles. The normalized spacial score (nSPS) is 21.7. The van der Waals surface area contributed by atoms with Crippen LogP contribution in [0, 0.1) is 11.8 Å². The lowest BCUT2D eigenvalue weighted by atomic mass is 9.88. The molecule has 0 spiro atoms. The van der Waals surface area contributed by atoms with Crippen LogP contribution >= 0.6 is 0 Å². The second-order valence-electron chi connectivity index (χ2n) is 5.90. The molecule has 1 heterocycles. The number of nitrogens with one attached hydrogen (secondary N) is 1. The van der Waals surface area contributed by atoms with Gasteiger partial charge < -0.3 is 15.8 Å². The number of nitrogens with two attached hydrogens (primary N) is 1. The first kappa shape index (κ1) is 15.9. The molecule has 0 aliphatic carbocycles. The van der Waals surface area contributed by atoms with Gasteiger partial charge in [-0.2, -0.15) is 0 Å². The van der Waals surface area contributed by atoms with Crippen molar-refractivity contribution < 1.29 is 4.74 Å². The van der Waals surface area contributed by atoms with E-state index in [2.05, 4.69) is 19.2 Å². The Morgan fingerprint density at radius 3 is 2.72 bits per heavy atom. The molecule has 1 saturated heterocycles. The van der Waals surface area contributed by atoms with Crippen LogP contribution in [0.15, 0.2) is 0 Å². The van der Waals surface area contributed by atoms with Crippen molar-refractivity contribution in [3.63, 3.8) is 0 Å². The van der Waals surface area contributed by atoms with Crippen molar-refractivity contribution in [1.82, 2.24) is 5.32 Å². The lowest BCUT2D eigenvalue weighted by Gasteiger charge is -2.20. The highest BCUT2D eigenvalue weighted by Gasteiger charge is 2.14. The van der Waals surface area contributed by atoms with Gasteiger partial charge in [-0.05, 0) is 70.0 Å². The third-order valence-electron chi connectivity index (χ3n) is 4.08. The maximum atomic E-state index is 5.66. The summed E-state index contributed by atoms with van der Waals surface area (Å²) < 4.78 is 5.61. The Bertz CT molecular complexity index is 191. The molecule has 2 atom stereocenters. The molecule has 3 heteroatoms. The van der Waals surface area contributed by atoms with Crippen molar-refractivity contribution in [2.45, 2.75) is 58.5 Å². The second kappa shape index (κ2) is 9.76. The Kier molecular flexibility index (Phi) is 8.64. The van der Waals surface area contributed by atoms with E-state index in [9.17, 15) is 0 Å². The molecule has 3 nitrogen and oxygen atoms in total. The molecule has 0 aromatic carbocycles. The van der Waals surface area contributed by atoms with Gasteiger partial charge in [0, 0.05) is 6.61 Å². The van der Waals surface area contributed by atoms with Gasteiger partial charge >= 0.3 is 0 Å². The number of hydrogen-bond donors (Lipinski definition) is 2. The summed E-state index contributed by atoms with van der Waals surface area (Å²) >= 11 is 0. The second-order valence-corrected chi connectivity index (χ2v) is 5.90. The fourth-order valence-electron chi connectivity index (χ4n) is 2.77. The molecule has 1 fully saturated rings. The minimum absolute atomic E-state index is 0.526. The van der Waals surface area contributed by atoms with Gasteiger partial charge in [-0.3, -0.25) is 0 Å². The third-order valence-corrected chi connectivity index (χ3v) is 4.08.